The molecule has 0 aromatic carbocycles. The van der Waals surface area contributed by atoms with Crippen molar-refractivity contribution in [1.82, 2.24) is 0 Å². The molecule has 0 aliphatic heterocycles. The molecule has 0 rings (SSSR count). The zero-order chi connectivity index (χ0) is 6.28. The van der Waals surface area contributed by atoms with Gasteiger partial charge in [0.1, 0.15) is 0 Å². The molecule has 0 saturated carbocycles. The van der Waals surface area contributed by atoms with Crippen LogP contribution in [0.4, 0.5) is 4.79 Å². The fourth-order valence-electron chi connectivity index (χ4n) is 0. The topological polar surface area (TPSA) is 57.5 Å². The first kappa shape index (κ1) is 15.8. The summed E-state index contributed by atoms with van der Waals surface area (Å²) in [6.07, 6.45) is -1.83. The second kappa shape index (κ2) is 15.6. The Balaban J connectivity index is -0.0000000131. The number of hydrogen-bond acceptors (Lipinski definition) is 1. The molecule has 0 atom stereocenters. The Morgan fingerprint density at radius 2 is 1.75 bits per heavy atom. The van der Waals surface area contributed by atoms with Gasteiger partial charge in [-0.25, -0.2) is 4.79 Å². The normalized spacial score (nSPS) is 5.00. The van der Waals surface area contributed by atoms with Crippen LogP contribution < -0.4 is 0 Å². The van der Waals surface area contributed by atoms with Gasteiger partial charge in [-0.3, -0.25) is 0 Å². The van der Waals surface area contributed by atoms with Gasteiger partial charge in [0.2, 0.25) is 0 Å². The van der Waals surface area contributed by atoms with Crippen LogP contribution in [-0.2, 0) is 0 Å². The van der Waals surface area contributed by atoms with E-state index in [2.05, 4.69) is 6.58 Å². The SMILES string of the molecule is C=C[SiH3].O=C(O)O.[Ca+2].[H-].[H-]. The van der Waals surface area contributed by atoms with E-state index in [0.29, 0.717) is 0 Å². The van der Waals surface area contributed by atoms with Crippen LogP contribution in [0.5, 0.6) is 0 Å². The Bertz CT molecular complexity index is 68.8. The number of rotatable bonds is 0. The van der Waals surface area contributed by atoms with Gasteiger partial charge in [-0.15, -0.1) is 12.3 Å². The summed E-state index contributed by atoms with van der Waals surface area (Å²) in [4.78, 5) is 8.56. The number of hydrogen-bond donors (Lipinski definition) is 2. The molecule has 0 fully saturated rings. The Kier molecular flexibility index (Phi) is 30.9. The Morgan fingerprint density at radius 1 is 1.75 bits per heavy atom. The van der Waals surface area contributed by atoms with Gasteiger partial charge in [0.25, 0.3) is 0 Å². The summed E-state index contributed by atoms with van der Waals surface area (Å²) in [5, 5.41) is 13.9. The van der Waals surface area contributed by atoms with Gasteiger partial charge < -0.3 is 13.1 Å². The van der Waals surface area contributed by atoms with E-state index in [1.54, 1.807) is 0 Å². The molecule has 46 valence electrons. The zero-order valence-corrected chi connectivity index (χ0v) is 9.00. The summed E-state index contributed by atoms with van der Waals surface area (Å²) < 4.78 is 0. The summed E-state index contributed by atoms with van der Waals surface area (Å²) in [6.45, 7) is 3.42. The van der Waals surface area contributed by atoms with Crippen LogP contribution in [0, 0.1) is 0 Å². The molecule has 0 aromatic heterocycles. The van der Waals surface area contributed by atoms with Crippen LogP contribution in [0.1, 0.15) is 2.85 Å². The van der Waals surface area contributed by atoms with E-state index in [0.717, 1.165) is 10.2 Å². The monoisotopic (exact) mass is 162 g/mol. The molecule has 0 bridgehead atoms. The molecule has 2 N–H and O–H groups in total. The third kappa shape index (κ3) is 825. The van der Waals surface area contributed by atoms with E-state index in [1.807, 2.05) is 5.70 Å². The largest absolute Gasteiger partial charge is 2.00 e. The predicted octanol–water partition coefficient (Wildman–Crippen LogP) is -0.438. The average Bonchev–Trinajstić information content (AvgIpc) is 1.33. The van der Waals surface area contributed by atoms with Crippen molar-refractivity contribution in [3.05, 3.63) is 12.3 Å². The van der Waals surface area contributed by atoms with E-state index >= 15 is 0 Å². The molecule has 8 heavy (non-hydrogen) atoms. The summed E-state index contributed by atoms with van der Waals surface area (Å²) in [6, 6.07) is 0. The molecule has 5 heteroatoms. The van der Waals surface area contributed by atoms with E-state index in [-0.39, 0.29) is 40.6 Å². The Hall–Kier alpha value is 0.487. The van der Waals surface area contributed by atoms with Crippen LogP contribution in [-0.4, -0.2) is 64.3 Å². The minimum Gasteiger partial charge on any atom is -1.00 e. The zero-order valence-electron chi connectivity index (χ0n) is 6.79. The van der Waals surface area contributed by atoms with E-state index in [9.17, 15) is 0 Å². The molecule has 0 aromatic rings. The van der Waals surface area contributed by atoms with Crippen LogP contribution in [0.15, 0.2) is 12.3 Å². The minimum absolute atomic E-state index is 0. The fourth-order valence-corrected chi connectivity index (χ4v) is 0. The van der Waals surface area contributed by atoms with Crippen molar-refractivity contribution < 1.29 is 17.9 Å². The maximum absolute atomic E-state index is 8.56. The molecule has 0 radical (unpaired) electrons. The minimum atomic E-state index is -1.83. The van der Waals surface area contributed by atoms with Crippen molar-refractivity contribution in [2.24, 2.45) is 0 Å². The summed E-state index contributed by atoms with van der Waals surface area (Å²) in [5.74, 6) is 0. The van der Waals surface area contributed by atoms with Gasteiger partial charge in [0.05, 0.1) is 0 Å². The van der Waals surface area contributed by atoms with Gasteiger partial charge in [0.15, 0.2) is 0 Å². The van der Waals surface area contributed by atoms with Crippen molar-refractivity contribution in [2.75, 3.05) is 0 Å². The molecule has 3 nitrogen and oxygen atoms in total. The molecule has 0 aliphatic carbocycles. The van der Waals surface area contributed by atoms with Crippen molar-refractivity contribution >= 4 is 54.1 Å². The third-order valence-electron chi connectivity index (χ3n) is 0. The molecular weight excluding hydrogens is 152 g/mol. The van der Waals surface area contributed by atoms with Gasteiger partial charge >= 0.3 is 43.9 Å². The van der Waals surface area contributed by atoms with Crippen molar-refractivity contribution in [1.29, 1.82) is 0 Å². The van der Waals surface area contributed by atoms with Gasteiger partial charge in [-0.1, -0.05) is 0 Å². The van der Waals surface area contributed by atoms with E-state index in [4.69, 9.17) is 15.0 Å². The first-order valence-corrected chi connectivity index (χ1v) is 2.79. The predicted molar refractivity (Wildman–Crippen MR) is 38.8 cm³/mol. The molecule has 0 aliphatic rings. The van der Waals surface area contributed by atoms with Crippen LogP contribution in [0.25, 0.3) is 0 Å². The standard InChI is InChI=1S/C2H6Si.CH2O3.Ca.2H/c1-2-3;2-1(3)4;;;/h2H,1H2,3H3;(H2,2,3,4);;;/q;;+2;2*-1. The Labute approximate surface area is 83.8 Å². The summed E-state index contributed by atoms with van der Waals surface area (Å²) in [5.41, 5.74) is 1.89. The number of carbonyl (C=O) groups is 1. The molecule has 0 amide bonds. The maximum Gasteiger partial charge on any atom is 2.00 e. The van der Waals surface area contributed by atoms with Crippen LogP contribution in [0.2, 0.25) is 0 Å². The smallest absolute Gasteiger partial charge is 1.00 e. The van der Waals surface area contributed by atoms with Crippen LogP contribution in [0.3, 0.4) is 0 Å². The molecule has 0 spiro atoms. The van der Waals surface area contributed by atoms with Crippen molar-refractivity contribution in [2.45, 2.75) is 0 Å². The number of carboxylic acid groups (broad SMARTS) is 2. The van der Waals surface area contributed by atoms with Gasteiger partial charge in [-0.2, -0.15) is 0 Å². The first-order chi connectivity index (χ1) is 3.15. The third-order valence-corrected chi connectivity index (χ3v) is 0. The summed E-state index contributed by atoms with van der Waals surface area (Å²) in [7, 11) is 1.13. The van der Waals surface area contributed by atoms with Crippen molar-refractivity contribution in [3.63, 3.8) is 0 Å². The van der Waals surface area contributed by atoms with Crippen LogP contribution >= 0.6 is 0 Å². The van der Waals surface area contributed by atoms with E-state index in [1.165, 1.54) is 0 Å². The maximum atomic E-state index is 8.56. The Morgan fingerprint density at radius 3 is 1.75 bits per heavy atom. The second-order valence-corrected chi connectivity index (χ2v) is 1.51. The van der Waals surface area contributed by atoms with Gasteiger partial charge in [-0.05, 0) is 0 Å². The van der Waals surface area contributed by atoms with Gasteiger partial charge in [0, 0.05) is 10.2 Å². The first-order valence-electron chi connectivity index (χ1n) is 1.64. The average molecular weight is 162 g/mol. The summed E-state index contributed by atoms with van der Waals surface area (Å²) >= 11 is 0. The molecular formula is C3H10CaO3Si. The molecule has 0 saturated heterocycles. The van der Waals surface area contributed by atoms with E-state index < -0.39 is 6.16 Å². The fraction of sp³-hybridized carbons (Fsp3) is 0. The molecule has 0 unspecified atom stereocenters. The quantitative estimate of drug-likeness (QED) is 0.475. The van der Waals surface area contributed by atoms with Crippen molar-refractivity contribution in [3.8, 4) is 0 Å². The molecule has 0 heterocycles. The second-order valence-electron chi connectivity index (χ2n) is 0.691.